The Morgan fingerprint density at radius 2 is 1.62 bits per heavy atom. The Hall–Kier alpha value is -3.47. The molecule has 2 aromatic carbocycles. The van der Waals surface area contributed by atoms with E-state index in [1.807, 2.05) is 52.6 Å². The Balaban J connectivity index is 1.60. The molecule has 0 N–H and O–H groups in total. The molecule has 0 aliphatic heterocycles. The van der Waals surface area contributed by atoms with Crippen LogP contribution in [0, 0.1) is 20.8 Å². The molecule has 0 radical (unpaired) electrons. The number of sulfonamides is 1. The van der Waals surface area contributed by atoms with Crippen molar-refractivity contribution in [2.24, 2.45) is 0 Å². The highest BCUT2D eigenvalue weighted by Crippen LogP contribution is 2.33. The van der Waals surface area contributed by atoms with Crippen molar-refractivity contribution in [2.45, 2.75) is 36.6 Å². The van der Waals surface area contributed by atoms with E-state index in [0.717, 1.165) is 33.7 Å². The van der Waals surface area contributed by atoms with E-state index in [9.17, 15) is 8.42 Å². The number of imidazole rings is 1. The zero-order valence-corrected chi connectivity index (χ0v) is 23.0. The average molecular weight is 533 g/mol. The summed E-state index contributed by atoms with van der Waals surface area (Å²) in [4.78, 5) is 5.01. The molecule has 0 fully saturated rings. The van der Waals surface area contributed by atoms with Crippen LogP contribution in [-0.4, -0.2) is 51.0 Å². The van der Waals surface area contributed by atoms with Crippen LogP contribution in [-0.2, 0) is 15.8 Å². The minimum atomic E-state index is -3.60. The molecule has 0 amide bonds. The molecule has 0 aliphatic rings. The zero-order chi connectivity index (χ0) is 26.3. The van der Waals surface area contributed by atoms with Gasteiger partial charge in [0.25, 0.3) is 0 Å². The summed E-state index contributed by atoms with van der Waals surface area (Å²) < 4.78 is 30.9. The van der Waals surface area contributed by atoms with Crippen LogP contribution in [0.25, 0.3) is 22.7 Å². The van der Waals surface area contributed by atoms with E-state index < -0.39 is 10.0 Å². The number of thioether (sulfide) groups is 1. The summed E-state index contributed by atoms with van der Waals surface area (Å²) in [6, 6.07) is 17.0. The summed E-state index contributed by atoms with van der Waals surface area (Å²) in [5.41, 5.74) is 6.80. The fourth-order valence-corrected chi connectivity index (χ4v) is 6.10. The van der Waals surface area contributed by atoms with Crippen molar-refractivity contribution >= 4 is 27.4 Å². The van der Waals surface area contributed by atoms with E-state index in [-0.39, 0.29) is 4.90 Å². The van der Waals surface area contributed by atoms with Crippen molar-refractivity contribution in [1.29, 1.82) is 0 Å². The minimum absolute atomic E-state index is 0.209. The van der Waals surface area contributed by atoms with Crippen LogP contribution in [0.3, 0.4) is 0 Å². The number of pyridine rings is 1. The first-order valence-electron chi connectivity index (χ1n) is 11.8. The first-order chi connectivity index (χ1) is 17.7. The SMILES string of the molecule is Cc1cccc(C)c1-n1c(SCc2cn3cccc(C)c3n2)nnc1-c1cccc(S(=O)(=O)N(C)C)c1. The number of fused-ring (bicyclic) bond motifs is 1. The topological polar surface area (TPSA) is 85.4 Å². The van der Waals surface area contributed by atoms with Crippen molar-refractivity contribution < 1.29 is 8.42 Å². The lowest BCUT2D eigenvalue weighted by Gasteiger charge is -2.16. The van der Waals surface area contributed by atoms with Gasteiger partial charge in [-0.1, -0.05) is 48.2 Å². The molecule has 3 aromatic heterocycles. The second-order valence-corrected chi connectivity index (χ2v) is 12.2. The highest BCUT2D eigenvalue weighted by Gasteiger charge is 2.22. The molecule has 0 saturated heterocycles. The number of para-hydroxylation sites is 1. The predicted molar refractivity (Wildman–Crippen MR) is 147 cm³/mol. The van der Waals surface area contributed by atoms with Gasteiger partial charge < -0.3 is 4.40 Å². The van der Waals surface area contributed by atoms with Gasteiger partial charge in [0.1, 0.15) is 5.65 Å². The molecule has 0 bridgehead atoms. The van der Waals surface area contributed by atoms with E-state index in [0.29, 0.717) is 22.3 Å². The van der Waals surface area contributed by atoms with Gasteiger partial charge in [0, 0.05) is 37.8 Å². The van der Waals surface area contributed by atoms with Gasteiger partial charge in [0.2, 0.25) is 10.0 Å². The third-order valence-corrected chi connectivity index (χ3v) is 9.02. The van der Waals surface area contributed by atoms with E-state index in [4.69, 9.17) is 4.98 Å². The van der Waals surface area contributed by atoms with E-state index >= 15 is 0 Å². The maximum absolute atomic E-state index is 12.8. The van der Waals surface area contributed by atoms with E-state index in [1.165, 1.54) is 18.4 Å². The summed E-state index contributed by atoms with van der Waals surface area (Å²) >= 11 is 1.55. The standard InChI is InChI=1S/C27H28N6O2S2/c1-18-9-6-10-19(2)24(18)33-26(21-12-7-13-23(15-21)37(34,35)31(4)5)29-30-27(33)36-17-22-16-32-14-8-11-20(3)25(32)28-22/h6-16H,17H2,1-5H3. The van der Waals surface area contributed by atoms with Crippen molar-refractivity contribution in [2.75, 3.05) is 14.1 Å². The summed E-state index contributed by atoms with van der Waals surface area (Å²) in [7, 11) is -0.548. The number of nitrogens with zero attached hydrogens (tertiary/aromatic N) is 6. The molecule has 8 nitrogen and oxygen atoms in total. The Morgan fingerprint density at radius 3 is 2.32 bits per heavy atom. The predicted octanol–water partition coefficient (Wildman–Crippen LogP) is 5.05. The van der Waals surface area contributed by atoms with Gasteiger partial charge in [-0.2, -0.15) is 0 Å². The quantitative estimate of drug-likeness (QED) is 0.273. The molecule has 0 spiro atoms. The third-order valence-electron chi connectivity index (χ3n) is 6.24. The van der Waals surface area contributed by atoms with Gasteiger partial charge in [0.05, 0.1) is 16.3 Å². The van der Waals surface area contributed by atoms with Gasteiger partial charge in [-0.05, 0) is 55.7 Å². The molecular formula is C27H28N6O2S2. The molecule has 10 heteroatoms. The monoisotopic (exact) mass is 532 g/mol. The van der Waals surface area contributed by atoms with Gasteiger partial charge in [-0.15, -0.1) is 10.2 Å². The minimum Gasteiger partial charge on any atom is -0.307 e. The second kappa shape index (κ2) is 9.77. The molecule has 5 aromatic rings. The molecule has 3 heterocycles. The molecule has 0 aliphatic carbocycles. The Labute approximate surface area is 221 Å². The van der Waals surface area contributed by atoms with Crippen molar-refractivity contribution in [1.82, 2.24) is 28.5 Å². The van der Waals surface area contributed by atoms with E-state index in [1.54, 1.807) is 30.0 Å². The average Bonchev–Trinajstić information content (AvgIpc) is 3.48. The molecule has 5 rings (SSSR count). The highest BCUT2D eigenvalue weighted by molar-refractivity contribution is 7.98. The van der Waals surface area contributed by atoms with Crippen LogP contribution in [0.15, 0.2) is 77.0 Å². The second-order valence-electron chi connectivity index (χ2n) is 9.14. The fourth-order valence-electron chi connectivity index (χ4n) is 4.33. The molecular weight excluding hydrogens is 504 g/mol. The lowest BCUT2D eigenvalue weighted by molar-refractivity contribution is 0.521. The van der Waals surface area contributed by atoms with Crippen molar-refractivity contribution in [3.05, 3.63) is 89.4 Å². The fraction of sp³-hybridized carbons (Fsp3) is 0.222. The smallest absolute Gasteiger partial charge is 0.242 e. The molecule has 0 atom stereocenters. The normalized spacial score (nSPS) is 12.1. The maximum Gasteiger partial charge on any atom is 0.242 e. The van der Waals surface area contributed by atoms with Crippen LogP contribution in [0.4, 0.5) is 0 Å². The number of hydrogen-bond donors (Lipinski definition) is 0. The number of aryl methyl sites for hydroxylation is 3. The number of rotatable bonds is 7. The number of aromatic nitrogens is 5. The Kier molecular flexibility index (Phi) is 6.65. The van der Waals surface area contributed by atoms with E-state index in [2.05, 4.69) is 36.2 Å². The van der Waals surface area contributed by atoms with Crippen LogP contribution in [0.2, 0.25) is 0 Å². The van der Waals surface area contributed by atoms with Gasteiger partial charge in [-0.3, -0.25) is 4.57 Å². The summed E-state index contributed by atoms with van der Waals surface area (Å²) in [6.07, 6.45) is 4.03. The first-order valence-corrected chi connectivity index (χ1v) is 14.2. The number of benzene rings is 2. The summed E-state index contributed by atoms with van der Waals surface area (Å²) in [5.74, 6) is 1.20. The largest absolute Gasteiger partial charge is 0.307 e. The summed E-state index contributed by atoms with van der Waals surface area (Å²) in [5, 5.41) is 9.80. The zero-order valence-electron chi connectivity index (χ0n) is 21.4. The van der Waals surface area contributed by atoms with Gasteiger partial charge in [0.15, 0.2) is 11.0 Å². The van der Waals surface area contributed by atoms with Gasteiger partial charge in [-0.25, -0.2) is 17.7 Å². The van der Waals surface area contributed by atoms with Crippen LogP contribution < -0.4 is 0 Å². The van der Waals surface area contributed by atoms with Crippen LogP contribution >= 0.6 is 11.8 Å². The van der Waals surface area contributed by atoms with Gasteiger partial charge >= 0.3 is 0 Å². The van der Waals surface area contributed by atoms with Crippen LogP contribution in [0.5, 0.6) is 0 Å². The third kappa shape index (κ3) is 4.68. The molecule has 0 unspecified atom stereocenters. The highest BCUT2D eigenvalue weighted by atomic mass is 32.2. The lowest BCUT2D eigenvalue weighted by Crippen LogP contribution is -2.22. The lowest BCUT2D eigenvalue weighted by atomic mass is 10.1. The Morgan fingerprint density at radius 1 is 0.919 bits per heavy atom. The Bertz CT molecular complexity index is 1700. The number of hydrogen-bond acceptors (Lipinski definition) is 6. The maximum atomic E-state index is 12.8. The van der Waals surface area contributed by atoms with Crippen molar-refractivity contribution in [3.63, 3.8) is 0 Å². The molecule has 0 saturated carbocycles. The summed E-state index contributed by atoms with van der Waals surface area (Å²) in [6.45, 7) is 6.16. The molecule has 37 heavy (non-hydrogen) atoms. The molecule has 190 valence electrons. The van der Waals surface area contributed by atoms with Crippen molar-refractivity contribution in [3.8, 4) is 17.1 Å². The first kappa shape index (κ1) is 25.2. The van der Waals surface area contributed by atoms with Crippen LogP contribution in [0.1, 0.15) is 22.4 Å².